The average Bonchev–Trinajstić information content (AvgIpc) is 3.47. The zero-order chi connectivity index (χ0) is 37.4. The second kappa shape index (κ2) is 12.5. The molecule has 1 aliphatic carbocycles. The molecule has 0 aromatic heterocycles. The summed E-state index contributed by atoms with van der Waals surface area (Å²) in [5, 5.41) is 4.69. The summed E-state index contributed by atoms with van der Waals surface area (Å²) in [7, 11) is 0. The van der Waals surface area contributed by atoms with Gasteiger partial charge in [-0.05, 0) is 111 Å². The quantitative estimate of drug-likeness (QED) is 0.170. The fraction of sp³-hybridized carbons (Fsp3) is 0.0566. The molecule has 0 N–H and O–H groups in total. The molecule has 56 heavy (non-hydrogen) atoms. The summed E-state index contributed by atoms with van der Waals surface area (Å²) in [5.41, 5.74) is 14.1. The maximum atomic E-state index is 6.92. The van der Waals surface area contributed by atoms with E-state index in [4.69, 9.17) is 4.74 Å². The molecule has 0 atom stereocenters. The molecule has 266 valence electrons. The van der Waals surface area contributed by atoms with Crippen molar-refractivity contribution in [2.45, 2.75) is 19.3 Å². The Morgan fingerprint density at radius 1 is 0.375 bits per heavy atom. The van der Waals surface area contributed by atoms with Crippen molar-refractivity contribution in [2.75, 3.05) is 9.80 Å². The minimum absolute atomic E-state index is 0.102. The molecule has 1 heterocycles. The lowest BCUT2D eigenvalue weighted by Crippen LogP contribution is -2.16. The van der Waals surface area contributed by atoms with Crippen LogP contribution in [0, 0.1) is 0 Å². The Labute approximate surface area is 327 Å². The second-order valence-electron chi connectivity index (χ2n) is 15.4. The van der Waals surface area contributed by atoms with Crippen LogP contribution in [-0.4, -0.2) is 0 Å². The standard InChI is InChI=1S/C53H38N2O/c1-53(2)47-22-12-11-20-42(47)43-28-26-40(33-48(43)53)54(37-16-5-3-6-17-37)41-27-29-44-45-30-31-49(46-21-13-23-50(52(45)46)56-51(44)34-41)55(38-18-7-4-8-19-38)39-25-24-35-14-9-10-15-36(35)32-39/h3-34H,1-2H3. The molecule has 11 rings (SSSR count). The van der Waals surface area contributed by atoms with Gasteiger partial charge in [0.1, 0.15) is 11.5 Å². The zero-order valence-electron chi connectivity index (χ0n) is 31.3. The molecular formula is C53H38N2O. The number of nitrogens with zero attached hydrogens (tertiary/aromatic N) is 2. The lowest BCUT2D eigenvalue weighted by molar-refractivity contribution is 0.487. The number of para-hydroxylation sites is 2. The Balaban J connectivity index is 1.04. The van der Waals surface area contributed by atoms with E-state index in [1.165, 1.54) is 38.6 Å². The number of ether oxygens (including phenoxy) is 1. The number of benzene rings is 9. The predicted octanol–water partition coefficient (Wildman–Crippen LogP) is 15.0. The van der Waals surface area contributed by atoms with Crippen LogP contribution in [0.1, 0.15) is 25.0 Å². The van der Waals surface area contributed by atoms with Crippen molar-refractivity contribution in [3.05, 3.63) is 205 Å². The van der Waals surface area contributed by atoms with Crippen LogP contribution in [0.3, 0.4) is 0 Å². The second-order valence-corrected chi connectivity index (χ2v) is 15.4. The zero-order valence-corrected chi connectivity index (χ0v) is 31.3. The van der Waals surface area contributed by atoms with E-state index in [9.17, 15) is 0 Å². The highest BCUT2D eigenvalue weighted by Gasteiger charge is 2.36. The fourth-order valence-electron chi connectivity index (χ4n) is 9.11. The molecule has 0 amide bonds. The smallest absolute Gasteiger partial charge is 0.137 e. The van der Waals surface area contributed by atoms with Crippen molar-refractivity contribution < 1.29 is 4.74 Å². The van der Waals surface area contributed by atoms with Crippen molar-refractivity contribution in [2.24, 2.45) is 0 Å². The monoisotopic (exact) mass is 718 g/mol. The van der Waals surface area contributed by atoms with Crippen LogP contribution in [0.5, 0.6) is 11.5 Å². The maximum Gasteiger partial charge on any atom is 0.137 e. The number of fused-ring (bicyclic) bond motifs is 6. The first-order valence-corrected chi connectivity index (χ1v) is 19.3. The van der Waals surface area contributed by atoms with Crippen molar-refractivity contribution in [3.8, 4) is 33.8 Å². The molecular weight excluding hydrogens is 681 g/mol. The number of anilines is 6. The molecule has 1 aliphatic heterocycles. The molecule has 0 spiro atoms. The molecule has 3 nitrogen and oxygen atoms in total. The lowest BCUT2D eigenvalue weighted by Gasteiger charge is -2.31. The van der Waals surface area contributed by atoms with Crippen LogP contribution in [0.4, 0.5) is 34.1 Å². The van der Waals surface area contributed by atoms with Gasteiger partial charge in [0.25, 0.3) is 0 Å². The maximum absolute atomic E-state index is 6.92. The van der Waals surface area contributed by atoms with Gasteiger partial charge < -0.3 is 14.5 Å². The Kier molecular flexibility index (Phi) is 7.20. The van der Waals surface area contributed by atoms with E-state index in [0.717, 1.165) is 62.0 Å². The lowest BCUT2D eigenvalue weighted by atomic mass is 9.82. The molecule has 0 fully saturated rings. The van der Waals surface area contributed by atoms with Gasteiger partial charge in [-0.2, -0.15) is 0 Å². The summed E-state index contributed by atoms with van der Waals surface area (Å²) in [5.74, 6) is 1.71. The first-order chi connectivity index (χ1) is 27.5. The van der Waals surface area contributed by atoms with Crippen LogP contribution in [-0.2, 0) is 5.41 Å². The number of rotatable bonds is 6. The molecule has 9 aromatic carbocycles. The number of hydrogen-bond acceptors (Lipinski definition) is 3. The topological polar surface area (TPSA) is 15.7 Å². The first-order valence-electron chi connectivity index (χ1n) is 19.3. The van der Waals surface area contributed by atoms with Crippen molar-refractivity contribution >= 4 is 55.7 Å². The van der Waals surface area contributed by atoms with Gasteiger partial charge in [0.05, 0.1) is 5.69 Å². The Hall–Kier alpha value is -7.10. The van der Waals surface area contributed by atoms with Crippen LogP contribution in [0.2, 0.25) is 0 Å². The fourth-order valence-corrected chi connectivity index (χ4v) is 9.11. The Bertz CT molecular complexity index is 2990. The molecule has 3 heteroatoms. The van der Waals surface area contributed by atoms with E-state index in [1.807, 2.05) is 0 Å². The van der Waals surface area contributed by atoms with Gasteiger partial charge in [0, 0.05) is 56.3 Å². The molecule has 9 aromatic rings. The molecule has 0 bridgehead atoms. The minimum Gasteiger partial charge on any atom is -0.456 e. The van der Waals surface area contributed by atoms with E-state index in [-0.39, 0.29) is 5.41 Å². The molecule has 0 unspecified atom stereocenters. The minimum atomic E-state index is -0.102. The number of hydrogen-bond donors (Lipinski definition) is 0. The predicted molar refractivity (Wildman–Crippen MR) is 234 cm³/mol. The normalized spacial score (nSPS) is 13.1. The molecule has 0 saturated carbocycles. The van der Waals surface area contributed by atoms with Crippen molar-refractivity contribution in [1.82, 2.24) is 0 Å². The highest BCUT2D eigenvalue weighted by Crippen LogP contribution is 2.54. The molecule has 2 aliphatic rings. The van der Waals surface area contributed by atoms with E-state index in [2.05, 4.69) is 218 Å². The Morgan fingerprint density at radius 3 is 1.79 bits per heavy atom. The van der Waals surface area contributed by atoms with Gasteiger partial charge in [-0.1, -0.05) is 129 Å². The van der Waals surface area contributed by atoms with Gasteiger partial charge in [-0.25, -0.2) is 0 Å². The van der Waals surface area contributed by atoms with Gasteiger partial charge >= 0.3 is 0 Å². The van der Waals surface area contributed by atoms with Gasteiger partial charge in [0.15, 0.2) is 0 Å². The summed E-state index contributed by atoms with van der Waals surface area (Å²) >= 11 is 0. The summed E-state index contributed by atoms with van der Waals surface area (Å²) in [6.45, 7) is 4.68. The summed E-state index contributed by atoms with van der Waals surface area (Å²) in [6.07, 6.45) is 0. The van der Waals surface area contributed by atoms with Crippen molar-refractivity contribution in [3.63, 3.8) is 0 Å². The SMILES string of the molecule is CC1(C)c2ccccc2-c2ccc(N(c3ccccc3)c3ccc4c(c3)Oc3cccc5c(N(c6ccccc6)c6ccc7ccccc7c6)ccc-4c35)cc21. The van der Waals surface area contributed by atoms with E-state index < -0.39 is 0 Å². The third-order valence-corrected chi connectivity index (χ3v) is 11.8. The summed E-state index contributed by atoms with van der Waals surface area (Å²) < 4.78 is 6.92. The highest BCUT2D eigenvalue weighted by atomic mass is 16.5. The van der Waals surface area contributed by atoms with Crippen molar-refractivity contribution in [1.29, 1.82) is 0 Å². The highest BCUT2D eigenvalue weighted by molar-refractivity contribution is 6.11. The van der Waals surface area contributed by atoms with Crippen LogP contribution >= 0.6 is 0 Å². The third kappa shape index (κ3) is 4.98. The van der Waals surface area contributed by atoms with Crippen LogP contribution in [0.15, 0.2) is 194 Å². The largest absolute Gasteiger partial charge is 0.456 e. The third-order valence-electron chi connectivity index (χ3n) is 11.8. The first kappa shape index (κ1) is 32.3. The van der Waals surface area contributed by atoms with E-state index in [1.54, 1.807) is 0 Å². The Morgan fingerprint density at radius 2 is 0.982 bits per heavy atom. The van der Waals surface area contributed by atoms with Gasteiger partial charge in [0.2, 0.25) is 0 Å². The molecule has 0 saturated heterocycles. The van der Waals surface area contributed by atoms with E-state index >= 15 is 0 Å². The van der Waals surface area contributed by atoms with Crippen LogP contribution < -0.4 is 14.5 Å². The summed E-state index contributed by atoms with van der Waals surface area (Å²) in [6, 6.07) is 70.0. The van der Waals surface area contributed by atoms with Crippen LogP contribution in [0.25, 0.3) is 43.8 Å². The molecule has 0 radical (unpaired) electrons. The average molecular weight is 719 g/mol. The summed E-state index contributed by atoms with van der Waals surface area (Å²) in [4.78, 5) is 4.71. The van der Waals surface area contributed by atoms with E-state index in [0.29, 0.717) is 0 Å². The van der Waals surface area contributed by atoms with Gasteiger partial charge in [-0.3, -0.25) is 0 Å². The van der Waals surface area contributed by atoms with Gasteiger partial charge in [-0.15, -0.1) is 0 Å².